The van der Waals surface area contributed by atoms with Crippen LogP contribution in [0.25, 0.3) is 77.0 Å². The molecule has 0 spiro atoms. The number of para-hydroxylation sites is 6. The van der Waals surface area contributed by atoms with Gasteiger partial charge in [-0.25, -0.2) is 0 Å². The minimum Gasteiger partial charge on any atom is -0.375 e. The van der Waals surface area contributed by atoms with E-state index < -0.39 is 0 Å². The van der Waals surface area contributed by atoms with Crippen LogP contribution in [0.3, 0.4) is 0 Å². The summed E-state index contributed by atoms with van der Waals surface area (Å²) in [5.41, 5.74) is 25.1. The SMILES string of the molecule is c1ccc(-c2ccc3c(c2)N(c2ccccc2)c2c4c(cc5c2N(c2ccccc2)c2cccc6c2B5n2c5ccccc5c5cccc-6c52)-c2cccc5c6ccccc6n(c25)B34)cc1. The monoisotopic (exact) mass is 834 g/mol. The van der Waals surface area contributed by atoms with Crippen molar-refractivity contribution in [3.05, 3.63) is 218 Å². The molecule has 6 heteroatoms. The molecule has 4 aliphatic heterocycles. The van der Waals surface area contributed by atoms with Crippen LogP contribution in [0.4, 0.5) is 34.1 Å². The highest BCUT2D eigenvalue weighted by Crippen LogP contribution is 2.53. The Kier molecular flexibility index (Phi) is 6.68. The Morgan fingerprint density at radius 1 is 0.303 bits per heavy atom. The lowest BCUT2D eigenvalue weighted by Crippen LogP contribution is -2.61. The summed E-state index contributed by atoms with van der Waals surface area (Å²) in [5.74, 6) is 0. The molecule has 0 unspecified atom stereocenters. The molecule has 0 amide bonds. The zero-order valence-electron chi connectivity index (χ0n) is 35.7. The number of anilines is 6. The fourth-order valence-corrected chi connectivity index (χ4v) is 12.8. The number of rotatable bonds is 3. The van der Waals surface area contributed by atoms with Crippen molar-refractivity contribution in [2.45, 2.75) is 0 Å². The number of nitrogens with zero attached hydrogens (tertiary/aromatic N) is 4. The van der Waals surface area contributed by atoms with Gasteiger partial charge in [-0.3, -0.25) is 0 Å². The molecule has 0 fully saturated rings. The topological polar surface area (TPSA) is 16.3 Å². The molecular weight excluding hydrogens is 798 g/mol. The summed E-state index contributed by atoms with van der Waals surface area (Å²) in [6.07, 6.45) is 0. The Hall–Kier alpha value is -8.47. The van der Waals surface area contributed by atoms with E-state index in [1.165, 1.54) is 122 Å². The highest BCUT2D eigenvalue weighted by molar-refractivity contribution is 6.93. The van der Waals surface area contributed by atoms with Gasteiger partial charge in [0.05, 0.1) is 11.4 Å². The summed E-state index contributed by atoms with van der Waals surface area (Å²) in [6, 6.07) is 82.0. The second-order valence-electron chi connectivity index (χ2n) is 18.3. The first-order valence-electron chi connectivity index (χ1n) is 23.1. The van der Waals surface area contributed by atoms with Crippen LogP contribution in [-0.4, -0.2) is 22.7 Å². The molecule has 12 aromatic rings. The maximum absolute atomic E-state index is 2.70. The van der Waals surface area contributed by atoms with E-state index >= 15 is 0 Å². The normalized spacial score (nSPS) is 13.6. The molecule has 0 N–H and O–H groups in total. The second kappa shape index (κ2) is 12.6. The third kappa shape index (κ3) is 4.28. The fraction of sp³-hybridized carbons (Fsp3) is 0. The molecule has 66 heavy (non-hydrogen) atoms. The second-order valence-corrected chi connectivity index (χ2v) is 18.3. The van der Waals surface area contributed by atoms with Gasteiger partial charge < -0.3 is 18.8 Å². The average Bonchev–Trinajstić information content (AvgIpc) is 3.91. The van der Waals surface area contributed by atoms with Gasteiger partial charge in [0.1, 0.15) is 0 Å². The Morgan fingerprint density at radius 2 is 0.818 bits per heavy atom. The van der Waals surface area contributed by atoms with Gasteiger partial charge >= 0.3 is 13.7 Å². The predicted molar refractivity (Wildman–Crippen MR) is 279 cm³/mol. The summed E-state index contributed by atoms with van der Waals surface area (Å²) >= 11 is 0. The number of aromatic nitrogens is 2. The van der Waals surface area contributed by atoms with Crippen LogP contribution >= 0.6 is 0 Å². The zero-order chi connectivity index (χ0) is 42.8. The smallest absolute Gasteiger partial charge is 0.333 e. The molecule has 0 bridgehead atoms. The summed E-state index contributed by atoms with van der Waals surface area (Å²) in [5, 5.41) is 5.17. The summed E-state index contributed by atoms with van der Waals surface area (Å²) in [7, 11) is 0. The highest BCUT2D eigenvalue weighted by atomic mass is 15.2. The van der Waals surface area contributed by atoms with Crippen molar-refractivity contribution in [3.8, 4) is 33.4 Å². The van der Waals surface area contributed by atoms with Gasteiger partial charge in [0.15, 0.2) is 0 Å². The van der Waals surface area contributed by atoms with Crippen molar-refractivity contribution < 1.29 is 0 Å². The quantitative estimate of drug-likeness (QED) is 0.165. The molecule has 0 saturated heterocycles. The molecule has 10 aromatic carbocycles. The van der Waals surface area contributed by atoms with Crippen molar-refractivity contribution in [3.63, 3.8) is 0 Å². The number of fused-ring (bicyclic) bond motifs is 15. The lowest BCUT2D eigenvalue weighted by molar-refractivity contribution is 1.21. The minimum absolute atomic E-state index is 0.103. The first kappa shape index (κ1) is 34.9. The van der Waals surface area contributed by atoms with Crippen LogP contribution in [0.15, 0.2) is 218 Å². The Morgan fingerprint density at radius 3 is 1.47 bits per heavy atom. The number of benzene rings is 10. The molecule has 0 aliphatic carbocycles. The molecule has 6 heterocycles. The largest absolute Gasteiger partial charge is 0.375 e. The van der Waals surface area contributed by atoms with Gasteiger partial charge in [-0.15, -0.1) is 0 Å². The minimum atomic E-state index is -0.106. The molecule has 4 nitrogen and oxygen atoms in total. The molecule has 302 valence electrons. The van der Waals surface area contributed by atoms with E-state index in [-0.39, 0.29) is 13.7 Å². The predicted octanol–water partition coefficient (Wildman–Crippen LogP) is 12.4. The molecule has 2 aromatic heterocycles. The summed E-state index contributed by atoms with van der Waals surface area (Å²) in [6.45, 7) is -0.209. The molecule has 4 aliphatic rings. The van der Waals surface area contributed by atoms with Crippen LogP contribution in [0.1, 0.15) is 0 Å². The fourth-order valence-electron chi connectivity index (χ4n) is 12.8. The standard InChI is InChI=1S/C60H36B2N4/c1-4-17-37(18-5-1)38-33-34-49-54(35-38)64(40-21-8-3-9-22-40)60-56-48(47-29-15-27-45-42-24-10-12-30-51(42)65(58(45)47)61(49)56)36-50-59(60)63(39-19-6-2-7-20-39)53-32-16-25-43-46-28-14-26-44-41-23-11-13-31-52(41)66(57(44)46)62(50)55(43)53/h1-36H. The van der Waals surface area contributed by atoms with E-state index in [2.05, 4.69) is 237 Å². The third-order valence-electron chi connectivity index (χ3n) is 15.2. The van der Waals surface area contributed by atoms with Gasteiger partial charge in [-0.1, -0.05) is 170 Å². The van der Waals surface area contributed by atoms with Crippen LogP contribution in [0.2, 0.25) is 0 Å². The van der Waals surface area contributed by atoms with Gasteiger partial charge in [0.25, 0.3) is 0 Å². The number of hydrogen-bond acceptors (Lipinski definition) is 2. The Bertz CT molecular complexity index is 4080. The molecule has 0 radical (unpaired) electrons. The van der Waals surface area contributed by atoms with Crippen LogP contribution in [-0.2, 0) is 0 Å². The van der Waals surface area contributed by atoms with Crippen molar-refractivity contribution in [2.75, 3.05) is 9.80 Å². The Balaban J connectivity index is 1.14. The summed E-state index contributed by atoms with van der Waals surface area (Å²) < 4.78 is 5.38. The molecule has 0 atom stereocenters. The lowest BCUT2D eigenvalue weighted by atomic mass is 9.41. The van der Waals surface area contributed by atoms with Crippen molar-refractivity contribution in [1.82, 2.24) is 8.96 Å². The highest BCUT2D eigenvalue weighted by Gasteiger charge is 2.50. The number of hydrogen-bond donors (Lipinski definition) is 0. The van der Waals surface area contributed by atoms with Gasteiger partial charge in [-0.2, -0.15) is 0 Å². The maximum atomic E-state index is 2.70. The first-order valence-corrected chi connectivity index (χ1v) is 23.1. The zero-order valence-corrected chi connectivity index (χ0v) is 35.7. The van der Waals surface area contributed by atoms with Gasteiger partial charge in [0.2, 0.25) is 0 Å². The van der Waals surface area contributed by atoms with E-state index in [0.717, 1.165) is 11.4 Å². The van der Waals surface area contributed by atoms with Crippen molar-refractivity contribution in [1.29, 1.82) is 0 Å². The van der Waals surface area contributed by atoms with Crippen molar-refractivity contribution >= 4 is 113 Å². The first-order chi connectivity index (χ1) is 32.8. The Labute approximate surface area is 382 Å². The third-order valence-corrected chi connectivity index (χ3v) is 15.2. The molecule has 0 saturated carbocycles. The van der Waals surface area contributed by atoms with Gasteiger partial charge in [-0.05, 0) is 92.6 Å². The molecular formula is C60H36B2N4. The van der Waals surface area contributed by atoms with E-state index in [1.54, 1.807) is 0 Å². The van der Waals surface area contributed by atoms with Crippen molar-refractivity contribution in [2.24, 2.45) is 0 Å². The summed E-state index contributed by atoms with van der Waals surface area (Å²) in [4.78, 5) is 5.23. The van der Waals surface area contributed by atoms with Crippen LogP contribution < -0.4 is 31.7 Å². The van der Waals surface area contributed by atoms with Crippen LogP contribution in [0.5, 0.6) is 0 Å². The lowest BCUT2D eigenvalue weighted by Gasteiger charge is -2.47. The van der Waals surface area contributed by atoms with E-state index in [4.69, 9.17) is 0 Å². The van der Waals surface area contributed by atoms with E-state index in [0.29, 0.717) is 0 Å². The average molecular weight is 835 g/mol. The van der Waals surface area contributed by atoms with Gasteiger partial charge in [0, 0.05) is 77.5 Å². The van der Waals surface area contributed by atoms with Crippen LogP contribution in [0, 0.1) is 0 Å². The van der Waals surface area contributed by atoms with E-state index in [9.17, 15) is 0 Å². The maximum Gasteiger partial charge on any atom is 0.333 e. The molecule has 16 rings (SSSR count). The van der Waals surface area contributed by atoms with E-state index in [1.807, 2.05) is 0 Å².